The second-order valence-corrected chi connectivity index (χ2v) is 10.9. The SMILES string of the molecule is Cc1ccccc1C(=O)Nc1ccc(S(=O)(=O)NC2CCN(C(=O)c3ccc[nH]3)CC2)c2ccccc12. The third kappa shape index (κ3) is 5.14. The number of carbonyl (C=O) groups excluding carboxylic acids is 2. The number of amides is 2. The van der Waals surface area contributed by atoms with Crippen LogP contribution in [-0.4, -0.2) is 49.2 Å². The van der Waals surface area contributed by atoms with Gasteiger partial charge in [0.1, 0.15) is 5.69 Å². The average Bonchev–Trinajstić information content (AvgIpc) is 3.44. The molecule has 3 aromatic carbocycles. The topological polar surface area (TPSA) is 111 Å². The normalized spacial score (nSPS) is 14.6. The van der Waals surface area contributed by atoms with Gasteiger partial charge in [-0.05, 0) is 55.7 Å². The van der Waals surface area contributed by atoms with Gasteiger partial charge in [-0.25, -0.2) is 13.1 Å². The van der Waals surface area contributed by atoms with Crippen molar-refractivity contribution in [2.45, 2.75) is 30.7 Å². The fraction of sp³-hybridized carbons (Fsp3) is 0.214. The van der Waals surface area contributed by atoms with E-state index in [-0.39, 0.29) is 22.8 Å². The van der Waals surface area contributed by atoms with Crippen LogP contribution in [0.3, 0.4) is 0 Å². The Labute approximate surface area is 215 Å². The minimum Gasteiger partial charge on any atom is -0.357 e. The van der Waals surface area contributed by atoms with Gasteiger partial charge in [0.25, 0.3) is 11.8 Å². The second kappa shape index (κ2) is 10.2. The highest BCUT2D eigenvalue weighted by molar-refractivity contribution is 7.89. The molecule has 8 nitrogen and oxygen atoms in total. The van der Waals surface area contributed by atoms with E-state index in [1.165, 1.54) is 6.07 Å². The summed E-state index contributed by atoms with van der Waals surface area (Å²) in [6, 6.07) is 20.8. The minimum atomic E-state index is -3.84. The first kappa shape index (κ1) is 24.7. The smallest absolute Gasteiger partial charge is 0.270 e. The number of rotatable bonds is 6. The number of benzene rings is 3. The Morgan fingerprint density at radius 3 is 2.30 bits per heavy atom. The van der Waals surface area contributed by atoms with Crippen LogP contribution in [0, 0.1) is 6.92 Å². The van der Waals surface area contributed by atoms with Gasteiger partial charge in [-0.15, -0.1) is 0 Å². The van der Waals surface area contributed by atoms with Crippen LogP contribution < -0.4 is 10.0 Å². The van der Waals surface area contributed by atoms with Crippen LogP contribution >= 0.6 is 0 Å². The van der Waals surface area contributed by atoms with Crippen molar-refractivity contribution in [1.29, 1.82) is 0 Å². The third-order valence-corrected chi connectivity index (χ3v) is 8.32. The highest BCUT2D eigenvalue weighted by Gasteiger charge is 2.28. The van der Waals surface area contributed by atoms with Gasteiger partial charge in [-0.3, -0.25) is 9.59 Å². The van der Waals surface area contributed by atoms with Crippen molar-refractivity contribution in [2.24, 2.45) is 0 Å². The standard InChI is InChI=1S/C28H28N4O4S/c1-19-7-2-3-8-21(19)27(33)30-24-12-13-26(23-10-5-4-9-22(23)24)37(35,36)31-20-14-17-32(18-15-20)28(34)25-11-6-16-29-25/h2-13,16,20,29,31H,14-15,17-18H2,1H3,(H,30,33). The summed E-state index contributed by atoms with van der Waals surface area (Å²) >= 11 is 0. The molecule has 0 aliphatic carbocycles. The molecule has 0 bridgehead atoms. The molecule has 0 unspecified atom stereocenters. The van der Waals surface area contributed by atoms with Crippen molar-refractivity contribution < 1.29 is 18.0 Å². The van der Waals surface area contributed by atoms with Crippen LogP contribution in [0.1, 0.15) is 39.3 Å². The van der Waals surface area contributed by atoms with Gasteiger partial charge in [-0.2, -0.15) is 0 Å². The summed E-state index contributed by atoms with van der Waals surface area (Å²) in [5.41, 5.74) is 2.48. The molecule has 3 N–H and O–H groups in total. The lowest BCUT2D eigenvalue weighted by atomic mass is 10.1. The Morgan fingerprint density at radius 1 is 0.892 bits per heavy atom. The molecule has 2 amide bonds. The van der Waals surface area contributed by atoms with Gasteiger partial charge in [0.15, 0.2) is 0 Å². The van der Waals surface area contributed by atoms with E-state index in [0.717, 1.165) is 5.56 Å². The lowest BCUT2D eigenvalue weighted by molar-refractivity contribution is 0.0706. The Balaban J connectivity index is 1.33. The molecule has 1 aliphatic rings. The van der Waals surface area contributed by atoms with E-state index >= 15 is 0 Å². The first-order valence-electron chi connectivity index (χ1n) is 12.2. The fourth-order valence-corrected chi connectivity index (χ4v) is 6.27. The van der Waals surface area contributed by atoms with E-state index in [9.17, 15) is 18.0 Å². The van der Waals surface area contributed by atoms with Crippen molar-refractivity contribution >= 4 is 38.3 Å². The Morgan fingerprint density at radius 2 is 1.59 bits per heavy atom. The van der Waals surface area contributed by atoms with E-state index in [2.05, 4.69) is 15.0 Å². The average molecular weight is 517 g/mol. The van der Waals surface area contributed by atoms with Crippen molar-refractivity contribution in [2.75, 3.05) is 18.4 Å². The number of sulfonamides is 1. The third-order valence-electron chi connectivity index (χ3n) is 6.74. The highest BCUT2D eigenvalue weighted by Crippen LogP contribution is 2.30. The molecule has 37 heavy (non-hydrogen) atoms. The molecule has 1 aliphatic heterocycles. The molecule has 4 aromatic rings. The Bertz CT molecular complexity index is 1560. The van der Waals surface area contributed by atoms with E-state index in [4.69, 9.17) is 0 Å². The van der Waals surface area contributed by atoms with Gasteiger partial charge < -0.3 is 15.2 Å². The second-order valence-electron chi connectivity index (χ2n) is 9.20. The number of aromatic nitrogens is 1. The predicted molar refractivity (Wildman–Crippen MR) is 143 cm³/mol. The molecule has 0 radical (unpaired) electrons. The molecule has 1 saturated heterocycles. The number of aromatic amines is 1. The Kier molecular flexibility index (Phi) is 6.82. The van der Waals surface area contributed by atoms with Crippen LogP contribution in [0.5, 0.6) is 0 Å². The summed E-state index contributed by atoms with van der Waals surface area (Å²) in [5.74, 6) is -0.335. The summed E-state index contributed by atoms with van der Waals surface area (Å²) in [6.07, 6.45) is 2.75. The molecule has 2 heterocycles. The van der Waals surface area contributed by atoms with Crippen LogP contribution in [0.15, 0.2) is 83.9 Å². The van der Waals surface area contributed by atoms with Crippen LogP contribution in [0.2, 0.25) is 0 Å². The van der Waals surface area contributed by atoms with Crippen molar-refractivity contribution in [3.8, 4) is 0 Å². The van der Waals surface area contributed by atoms with Crippen LogP contribution in [0.4, 0.5) is 5.69 Å². The van der Waals surface area contributed by atoms with E-state index in [1.807, 2.05) is 31.2 Å². The number of hydrogen-bond acceptors (Lipinski definition) is 4. The Hall–Kier alpha value is -3.95. The van der Waals surface area contributed by atoms with Crippen molar-refractivity contribution in [3.05, 3.63) is 95.8 Å². The number of likely N-dealkylation sites (tertiary alicyclic amines) is 1. The maximum Gasteiger partial charge on any atom is 0.270 e. The van der Waals surface area contributed by atoms with Crippen LogP contribution in [-0.2, 0) is 10.0 Å². The number of hydrogen-bond donors (Lipinski definition) is 3. The molecule has 1 fully saturated rings. The monoisotopic (exact) mass is 516 g/mol. The largest absolute Gasteiger partial charge is 0.357 e. The number of H-pyrrole nitrogens is 1. The van der Waals surface area contributed by atoms with Gasteiger partial charge >= 0.3 is 0 Å². The fourth-order valence-electron chi connectivity index (χ4n) is 4.75. The molecular formula is C28H28N4O4S. The number of aryl methyl sites for hydroxylation is 1. The molecule has 9 heteroatoms. The molecular weight excluding hydrogens is 488 g/mol. The quantitative estimate of drug-likeness (QED) is 0.355. The summed E-state index contributed by atoms with van der Waals surface area (Å²) < 4.78 is 29.7. The van der Waals surface area contributed by atoms with Gasteiger partial charge in [0, 0.05) is 47.4 Å². The summed E-state index contributed by atoms with van der Waals surface area (Å²) in [4.78, 5) is 30.3. The maximum atomic E-state index is 13.4. The lowest BCUT2D eigenvalue weighted by Crippen LogP contribution is -2.46. The predicted octanol–water partition coefficient (Wildman–Crippen LogP) is 4.31. The number of nitrogens with zero attached hydrogens (tertiary/aromatic N) is 1. The van der Waals surface area contributed by atoms with Crippen LogP contribution in [0.25, 0.3) is 10.8 Å². The minimum absolute atomic E-state index is 0.0827. The summed E-state index contributed by atoms with van der Waals surface area (Å²) in [5, 5.41) is 4.10. The van der Waals surface area contributed by atoms with Gasteiger partial charge in [0.2, 0.25) is 10.0 Å². The molecule has 5 rings (SSSR count). The lowest BCUT2D eigenvalue weighted by Gasteiger charge is -2.32. The zero-order chi connectivity index (χ0) is 26.0. The number of fused-ring (bicyclic) bond motifs is 1. The van der Waals surface area contributed by atoms with E-state index in [0.29, 0.717) is 53.6 Å². The van der Waals surface area contributed by atoms with Crippen molar-refractivity contribution in [3.63, 3.8) is 0 Å². The molecule has 0 atom stereocenters. The molecule has 190 valence electrons. The first-order chi connectivity index (χ1) is 17.8. The van der Waals surface area contributed by atoms with E-state index in [1.54, 1.807) is 53.6 Å². The molecule has 0 saturated carbocycles. The highest BCUT2D eigenvalue weighted by atomic mass is 32.2. The van der Waals surface area contributed by atoms with Gasteiger partial charge in [-0.1, -0.05) is 42.5 Å². The number of anilines is 1. The maximum absolute atomic E-state index is 13.4. The number of nitrogens with one attached hydrogen (secondary N) is 3. The summed E-state index contributed by atoms with van der Waals surface area (Å²) in [6.45, 7) is 2.81. The van der Waals surface area contributed by atoms with Crippen molar-refractivity contribution in [1.82, 2.24) is 14.6 Å². The summed E-state index contributed by atoms with van der Waals surface area (Å²) in [7, 11) is -3.84. The van der Waals surface area contributed by atoms with E-state index < -0.39 is 10.0 Å². The van der Waals surface area contributed by atoms with Gasteiger partial charge in [0.05, 0.1) is 4.90 Å². The first-order valence-corrected chi connectivity index (χ1v) is 13.7. The molecule has 0 spiro atoms. The zero-order valence-corrected chi connectivity index (χ0v) is 21.2. The number of piperidine rings is 1. The zero-order valence-electron chi connectivity index (χ0n) is 20.4. The molecule has 1 aromatic heterocycles. The number of carbonyl (C=O) groups is 2.